The third kappa shape index (κ3) is 6.73. The second-order valence-corrected chi connectivity index (χ2v) is 10.2. The molecule has 208 valence electrons. The number of rotatable bonds is 8. The van der Waals surface area contributed by atoms with Crippen molar-refractivity contribution in [1.82, 2.24) is 19.9 Å². The summed E-state index contributed by atoms with van der Waals surface area (Å²) in [5.41, 5.74) is 2.94. The van der Waals surface area contributed by atoms with Crippen molar-refractivity contribution in [2.75, 3.05) is 37.4 Å². The topological polar surface area (TPSA) is 133 Å². The maximum atomic E-state index is 13.7. The number of hydrogen-bond acceptors (Lipinski definition) is 8. The zero-order valence-corrected chi connectivity index (χ0v) is 23.0. The molecule has 0 saturated heterocycles. The number of anilines is 2. The van der Waals surface area contributed by atoms with Crippen LogP contribution in [0.4, 0.5) is 16.2 Å². The van der Waals surface area contributed by atoms with E-state index in [1.54, 1.807) is 49.3 Å². The van der Waals surface area contributed by atoms with E-state index in [1.165, 1.54) is 0 Å². The van der Waals surface area contributed by atoms with Gasteiger partial charge in [0, 0.05) is 43.6 Å². The summed E-state index contributed by atoms with van der Waals surface area (Å²) < 4.78 is 11.6. The van der Waals surface area contributed by atoms with Gasteiger partial charge in [-0.05, 0) is 63.7 Å². The van der Waals surface area contributed by atoms with Crippen LogP contribution >= 0.6 is 0 Å². The fraction of sp³-hybridized carbons (Fsp3) is 0.429. The monoisotopic (exact) mass is 536 g/mol. The average molecular weight is 537 g/mol. The summed E-state index contributed by atoms with van der Waals surface area (Å²) in [6.07, 6.45) is 3.32. The number of amides is 3. The summed E-state index contributed by atoms with van der Waals surface area (Å²) in [5, 5.41) is 19.2. The van der Waals surface area contributed by atoms with Gasteiger partial charge in [-0.1, -0.05) is 12.1 Å². The molecule has 3 atom stereocenters. The highest BCUT2D eigenvalue weighted by molar-refractivity contribution is 6.03. The zero-order chi connectivity index (χ0) is 28.1. The second-order valence-electron chi connectivity index (χ2n) is 10.2. The Hall–Kier alpha value is -3.96. The summed E-state index contributed by atoms with van der Waals surface area (Å²) in [6, 6.07) is 8.09. The quantitative estimate of drug-likeness (QED) is 0.397. The van der Waals surface area contributed by atoms with Crippen molar-refractivity contribution in [2.24, 2.45) is 5.92 Å². The third-order valence-corrected chi connectivity index (χ3v) is 6.89. The number of aromatic nitrogens is 2. The van der Waals surface area contributed by atoms with Crippen molar-refractivity contribution in [3.8, 4) is 5.75 Å². The molecule has 0 fully saturated rings. The van der Waals surface area contributed by atoms with Crippen LogP contribution in [0.15, 0.2) is 47.2 Å². The maximum Gasteiger partial charge on any atom is 0.323 e. The van der Waals surface area contributed by atoms with Gasteiger partial charge < -0.3 is 29.9 Å². The first-order valence-corrected chi connectivity index (χ1v) is 13.0. The predicted molar refractivity (Wildman–Crippen MR) is 147 cm³/mol. The van der Waals surface area contributed by atoms with E-state index in [2.05, 4.69) is 32.6 Å². The van der Waals surface area contributed by atoms with Crippen molar-refractivity contribution in [2.45, 2.75) is 46.4 Å². The van der Waals surface area contributed by atoms with Crippen LogP contribution < -0.4 is 15.4 Å². The Labute approximate surface area is 228 Å². The molecule has 0 saturated carbocycles. The number of urea groups is 1. The molecule has 1 aromatic carbocycles. The number of aliphatic hydroxyl groups excluding tert-OH is 1. The molecule has 0 radical (unpaired) electrons. The molecule has 0 bridgehead atoms. The van der Waals surface area contributed by atoms with E-state index >= 15 is 0 Å². The first kappa shape index (κ1) is 28.1. The molecule has 1 aliphatic rings. The number of carbonyl (C=O) groups is 2. The van der Waals surface area contributed by atoms with Crippen LogP contribution in [0.1, 0.15) is 41.2 Å². The molecule has 4 rings (SSSR count). The minimum atomic E-state index is -0.492. The van der Waals surface area contributed by atoms with Crippen LogP contribution in [0.5, 0.6) is 5.75 Å². The predicted octanol–water partition coefficient (Wildman–Crippen LogP) is 3.68. The van der Waals surface area contributed by atoms with E-state index in [0.29, 0.717) is 47.2 Å². The van der Waals surface area contributed by atoms with Crippen LogP contribution in [0.3, 0.4) is 0 Å². The number of likely N-dealkylation sites (N-methyl/N-ethyl adjacent to an activating group) is 1. The average Bonchev–Trinajstić information content (AvgIpc) is 3.23. The summed E-state index contributed by atoms with van der Waals surface area (Å²) in [4.78, 5) is 34.3. The molecular formula is C28H36N6O5. The van der Waals surface area contributed by atoms with E-state index in [-0.39, 0.29) is 30.6 Å². The van der Waals surface area contributed by atoms with Gasteiger partial charge in [0.15, 0.2) is 5.76 Å². The highest BCUT2D eigenvalue weighted by atomic mass is 16.5. The SMILES string of the molecule is Cc1noc(C)c1NC(=O)Nc1ccc2c(c1)C(=O)N([C@H](C)CO)C[C@H](C)[C@H](CN(C)Cc1ccncc1)O2. The van der Waals surface area contributed by atoms with Crippen LogP contribution in [-0.4, -0.2) is 75.9 Å². The second kappa shape index (κ2) is 12.3. The van der Waals surface area contributed by atoms with Gasteiger partial charge in [-0.15, -0.1) is 0 Å². The van der Waals surface area contributed by atoms with Gasteiger partial charge in [-0.25, -0.2) is 4.79 Å². The molecule has 3 amide bonds. The van der Waals surface area contributed by atoms with E-state index < -0.39 is 6.03 Å². The Balaban J connectivity index is 1.57. The number of aliphatic hydroxyl groups is 1. The molecule has 1 aliphatic heterocycles. The van der Waals surface area contributed by atoms with Crippen LogP contribution in [0.2, 0.25) is 0 Å². The number of aryl methyl sites for hydroxylation is 2. The zero-order valence-electron chi connectivity index (χ0n) is 23.0. The van der Waals surface area contributed by atoms with Crippen LogP contribution in [0.25, 0.3) is 0 Å². The number of fused-ring (bicyclic) bond motifs is 1. The van der Waals surface area contributed by atoms with Crippen molar-refractivity contribution in [3.63, 3.8) is 0 Å². The van der Waals surface area contributed by atoms with Gasteiger partial charge in [0.25, 0.3) is 5.91 Å². The standard InChI is InChI=1S/C28H36N6O5/c1-17-13-34(18(2)16-35)27(36)23-12-22(30-28(37)31-26-19(3)32-39-20(26)4)6-7-24(23)38-25(17)15-33(5)14-21-8-10-29-11-9-21/h6-12,17-18,25,35H,13-16H2,1-5H3,(H2,30,31,37)/t17-,18+,25-/m0/s1. The summed E-state index contributed by atoms with van der Waals surface area (Å²) >= 11 is 0. The molecule has 0 spiro atoms. The van der Waals surface area contributed by atoms with Crippen LogP contribution in [0, 0.1) is 19.8 Å². The van der Waals surface area contributed by atoms with Gasteiger partial charge in [0.2, 0.25) is 0 Å². The third-order valence-electron chi connectivity index (χ3n) is 6.89. The number of nitrogens with one attached hydrogen (secondary N) is 2. The Kier molecular flexibility index (Phi) is 8.82. The number of carbonyl (C=O) groups excluding carboxylic acids is 2. The summed E-state index contributed by atoms with van der Waals surface area (Å²) in [5.74, 6) is 0.652. The molecule has 3 heterocycles. The lowest BCUT2D eigenvalue weighted by molar-refractivity contribution is 0.0341. The molecule has 3 N–H and O–H groups in total. The lowest BCUT2D eigenvalue weighted by Gasteiger charge is -2.38. The number of hydrogen-bond donors (Lipinski definition) is 3. The summed E-state index contributed by atoms with van der Waals surface area (Å²) in [7, 11) is 2.03. The maximum absolute atomic E-state index is 13.7. The molecule has 3 aromatic rings. The van der Waals surface area contributed by atoms with Gasteiger partial charge in [-0.2, -0.15) is 0 Å². The molecule has 0 unspecified atom stereocenters. The fourth-order valence-corrected chi connectivity index (χ4v) is 4.63. The summed E-state index contributed by atoms with van der Waals surface area (Å²) in [6.45, 7) is 8.90. The molecule has 0 aliphatic carbocycles. The highest BCUT2D eigenvalue weighted by Gasteiger charge is 2.33. The van der Waals surface area contributed by atoms with Crippen molar-refractivity contribution >= 4 is 23.3 Å². The number of pyridine rings is 1. The van der Waals surface area contributed by atoms with Gasteiger partial charge >= 0.3 is 6.03 Å². The van der Waals surface area contributed by atoms with Crippen molar-refractivity contribution < 1.29 is 24.0 Å². The number of benzene rings is 1. The van der Waals surface area contributed by atoms with Crippen molar-refractivity contribution in [1.29, 1.82) is 0 Å². The van der Waals surface area contributed by atoms with Gasteiger partial charge in [0.05, 0.1) is 18.2 Å². The van der Waals surface area contributed by atoms with Crippen molar-refractivity contribution in [3.05, 3.63) is 65.3 Å². The van der Waals surface area contributed by atoms with E-state index in [1.807, 2.05) is 26.1 Å². The molecule has 2 aromatic heterocycles. The Bertz CT molecular complexity index is 1280. The van der Waals surface area contributed by atoms with Gasteiger partial charge in [-0.3, -0.25) is 14.7 Å². The van der Waals surface area contributed by atoms with Gasteiger partial charge in [0.1, 0.15) is 23.2 Å². The normalized spacial score (nSPS) is 18.1. The van der Waals surface area contributed by atoms with E-state index in [9.17, 15) is 14.7 Å². The number of ether oxygens (including phenoxy) is 1. The molecule has 11 nitrogen and oxygen atoms in total. The Morgan fingerprint density at radius 3 is 2.64 bits per heavy atom. The van der Waals surface area contributed by atoms with E-state index in [0.717, 1.165) is 12.1 Å². The molecule has 11 heteroatoms. The van der Waals surface area contributed by atoms with E-state index in [4.69, 9.17) is 9.26 Å². The largest absolute Gasteiger partial charge is 0.488 e. The Morgan fingerprint density at radius 2 is 1.97 bits per heavy atom. The first-order valence-electron chi connectivity index (χ1n) is 13.0. The number of nitrogens with zero attached hydrogens (tertiary/aromatic N) is 4. The fourth-order valence-electron chi connectivity index (χ4n) is 4.63. The lowest BCUT2D eigenvalue weighted by atomic mass is 9.99. The highest BCUT2D eigenvalue weighted by Crippen LogP contribution is 2.31. The van der Waals surface area contributed by atoms with Crippen LogP contribution in [-0.2, 0) is 6.54 Å². The lowest BCUT2D eigenvalue weighted by Crippen LogP contribution is -2.49. The molecule has 39 heavy (non-hydrogen) atoms. The Morgan fingerprint density at radius 1 is 1.23 bits per heavy atom. The smallest absolute Gasteiger partial charge is 0.323 e. The first-order chi connectivity index (χ1) is 18.7. The molecular weight excluding hydrogens is 500 g/mol. The minimum Gasteiger partial charge on any atom is -0.488 e. The minimum absolute atomic E-state index is 0.00498.